The quantitative estimate of drug-likeness (QED) is 0.862. The van der Waals surface area contributed by atoms with Crippen molar-refractivity contribution in [3.63, 3.8) is 0 Å². The molecule has 1 heterocycles. The SMILES string of the molecule is C[C@@](C#N)(NC(=O)COc1nc(-c2ccccc2Cl)no1)C1CC1. The number of nitrogens with zero attached hydrogens (tertiary/aromatic N) is 3. The van der Waals surface area contributed by atoms with Crippen molar-refractivity contribution in [2.75, 3.05) is 6.61 Å². The van der Waals surface area contributed by atoms with Gasteiger partial charge < -0.3 is 10.1 Å². The van der Waals surface area contributed by atoms with E-state index in [1.54, 1.807) is 31.2 Å². The minimum atomic E-state index is -0.863. The minimum absolute atomic E-state index is 0.134. The second kappa shape index (κ2) is 6.49. The first-order valence-electron chi connectivity index (χ1n) is 7.45. The Morgan fingerprint density at radius 3 is 2.96 bits per heavy atom. The molecule has 1 aromatic carbocycles. The molecule has 1 aliphatic rings. The van der Waals surface area contributed by atoms with Crippen LogP contribution in [0.25, 0.3) is 11.4 Å². The average Bonchev–Trinajstić information content (AvgIpc) is 3.33. The number of carbonyl (C=O) groups is 1. The normalized spacial score (nSPS) is 16.0. The summed E-state index contributed by atoms with van der Waals surface area (Å²) in [5.41, 5.74) is -0.258. The number of benzene rings is 1. The van der Waals surface area contributed by atoms with Crippen molar-refractivity contribution in [1.29, 1.82) is 5.26 Å². The van der Waals surface area contributed by atoms with Crippen LogP contribution >= 0.6 is 11.6 Å². The van der Waals surface area contributed by atoms with E-state index in [1.807, 2.05) is 0 Å². The van der Waals surface area contributed by atoms with E-state index in [4.69, 9.17) is 20.9 Å². The molecule has 7 nitrogen and oxygen atoms in total. The summed E-state index contributed by atoms with van der Waals surface area (Å²) in [7, 11) is 0. The summed E-state index contributed by atoms with van der Waals surface area (Å²) >= 11 is 6.06. The molecule has 0 radical (unpaired) electrons. The highest BCUT2D eigenvalue weighted by molar-refractivity contribution is 6.33. The molecular weight excluding hydrogens is 332 g/mol. The number of carbonyl (C=O) groups excluding carboxylic acids is 1. The molecule has 0 saturated heterocycles. The number of aromatic nitrogens is 2. The zero-order valence-corrected chi connectivity index (χ0v) is 13.7. The van der Waals surface area contributed by atoms with Crippen molar-refractivity contribution in [3.05, 3.63) is 29.3 Å². The Labute approximate surface area is 143 Å². The maximum absolute atomic E-state index is 12.0. The maximum atomic E-state index is 12.0. The number of rotatable bonds is 6. The third kappa shape index (κ3) is 3.49. The lowest BCUT2D eigenvalue weighted by atomic mass is 9.98. The number of amides is 1. The van der Waals surface area contributed by atoms with E-state index < -0.39 is 11.4 Å². The molecule has 0 unspecified atom stereocenters. The lowest BCUT2D eigenvalue weighted by Gasteiger charge is -2.22. The summed E-state index contributed by atoms with van der Waals surface area (Å²) in [6.07, 6.45) is 1.75. The minimum Gasteiger partial charge on any atom is -0.439 e. The molecule has 1 N–H and O–H groups in total. The fraction of sp³-hybridized carbons (Fsp3) is 0.375. The molecule has 1 amide bonds. The number of nitriles is 1. The van der Waals surface area contributed by atoms with Crippen LogP contribution in [0, 0.1) is 17.2 Å². The van der Waals surface area contributed by atoms with Crippen molar-refractivity contribution >= 4 is 17.5 Å². The molecule has 8 heteroatoms. The fourth-order valence-electron chi connectivity index (χ4n) is 2.36. The summed E-state index contributed by atoms with van der Waals surface area (Å²) in [5, 5.41) is 16.2. The average molecular weight is 347 g/mol. The van der Waals surface area contributed by atoms with Gasteiger partial charge >= 0.3 is 6.08 Å². The lowest BCUT2D eigenvalue weighted by Crippen LogP contribution is -2.48. The second-order valence-corrected chi connectivity index (χ2v) is 6.20. The molecule has 2 aromatic rings. The number of hydrogen-bond donors (Lipinski definition) is 1. The molecule has 0 spiro atoms. The van der Waals surface area contributed by atoms with Gasteiger partial charge in [-0.1, -0.05) is 28.9 Å². The smallest absolute Gasteiger partial charge is 0.418 e. The van der Waals surface area contributed by atoms with Crippen LogP contribution in [0.2, 0.25) is 5.02 Å². The van der Waals surface area contributed by atoms with Gasteiger partial charge in [0, 0.05) is 5.56 Å². The van der Waals surface area contributed by atoms with Crippen LogP contribution in [-0.2, 0) is 4.79 Å². The Kier molecular flexibility index (Phi) is 4.40. The standard InChI is InChI=1S/C16H15ClN4O3/c1-16(9-18,10-6-7-10)20-13(22)8-23-15-19-14(21-24-15)11-4-2-3-5-12(11)17/h2-5,10H,6-8H2,1H3,(H,20,22)/t16-/m0/s1. The van der Waals surface area contributed by atoms with Crippen molar-refractivity contribution < 1.29 is 14.1 Å². The van der Waals surface area contributed by atoms with Crippen molar-refractivity contribution in [2.45, 2.75) is 25.3 Å². The molecule has 0 bridgehead atoms. The first kappa shape index (κ1) is 16.3. The van der Waals surface area contributed by atoms with Crippen molar-refractivity contribution in [2.24, 2.45) is 5.92 Å². The van der Waals surface area contributed by atoms with Gasteiger partial charge in [-0.15, -0.1) is 0 Å². The second-order valence-electron chi connectivity index (χ2n) is 5.79. The van der Waals surface area contributed by atoms with Gasteiger partial charge in [-0.3, -0.25) is 9.32 Å². The van der Waals surface area contributed by atoms with Crippen LogP contribution in [0.5, 0.6) is 6.08 Å². The highest BCUT2D eigenvalue weighted by atomic mass is 35.5. The topological polar surface area (TPSA) is 101 Å². The zero-order valence-electron chi connectivity index (χ0n) is 13.0. The third-order valence-corrected chi connectivity index (χ3v) is 4.20. The van der Waals surface area contributed by atoms with Crippen LogP contribution in [0.4, 0.5) is 0 Å². The van der Waals surface area contributed by atoms with E-state index in [9.17, 15) is 10.1 Å². The van der Waals surface area contributed by atoms with Crippen LogP contribution in [0.15, 0.2) is 28.8 Å². The molecule has 3 rings (SSSR count). The highest BCUT2D eigenvalue weighted by Gasteiger charge is 2.43. The van der Waals surface area contributed by atoms with Crippen LogP contribution in [0.1, 0.15) is 19.8 Å². The van der Waals surface area contributed by atoms with Gasteiger partial charge in [0.1, 0.15) is 5.54 Å². The van der Waals surface area contributed by atoms with Gasteiger partial charge in [-0.2, -0.15) is 10.2 Å². The van der Waals surface area contributed by atoms with Gasteiger partial charge in [0.25, 0.3) is 5.91 Å². The Morgan fingerprint density at radius 2 is 2.29 bits per heavy atom. The Hall–Kier alpha value is -2.59. The van der Waals surface area contributed by atoms with E-state index in [-0.39, 0.29) is 24.4 Å². The largest absolute Gasteiger partial charge is 0.439 e. The predicted octanol–water partition coefficient (Wildman–Crippen LogP) is 2.58. The predicted molar refractivity (Wildman–Crippen MR) is 85.1 cm³/mol. The summed E-state index contributed by atoms with van der Waals surface area (Å²) in [5.74, 6) is 0.0565. The summed E-state index contributed by atoms with van der Waals surface area (Å²) in [4.78, 5) is 16.0. The first-order valence-corrected chi connectivity index (χ1v) is 7.83. The molecule has 1 atom stereocenters. The summed E-state index contributed by atoms with van der Waals surface area (Å²) in [6, 6.07) is 9.19. The van der Waals surface area contributed by atoms with Crippen molar-refractivity contribution in [3.8, 4) is 23.5 Å². The van der Waals surface area contributed by atoms with E-state index in [1.165, 1.54) is 0 Å². The van der Waals surface area contributed by atoms with Gasteiger partial charge in [0.2, 0.25) is 5.82 Å². The Balaban J connectivity index is 1.59. The van der Waals surface area contributed by atoms with Crippen LogP contribution in [-0.4, -0.2) is 28.2 Å². The monoisotopic (exact) mass is 346 g/mol. The molecule has 1 aromatic heterocycles. The number of nitrogens with one attached hydrogen (secondary N) is 1. The number of ether oxygens (including phenoxy) is 1. The van der Waals surface area contributed by atoms with E-state index in [0.29, 0.717) is 10.6 Å². The number of hydrogen-bond acceptors (Lipinski definition) is 6. The lowest BCUT2D eigenvalue weighted by molar-refractivity contribution is -0.125. The van der Waals surface area contributed by atoms with Crippen LogP contribution in [0.3, 0.4) is 0 Å². The van der Waals surface area contributed by atoms with Crippen LogP contribution < -0.4 is 10.1 Å². The Morgan fingerprint density at radius 1 is 1.54 bits per heavy atom. The molecule has 124 valence electrons. The zero-order chi connectivity index (χ0) is 17.2. The van der Waals surface area contributed by atoms with E-state index in [0.717, 1.165) is 12.8 Å². The third-order valence-electron chi connectivity index (χ3n) is 3.87. The van der Waals surface area contributed by atoms with Gasteiger partial charge in [-0.25, -0.2) is 0 Å². The number of halogens is 1. The molecular formula is C16H15ClN4O3. The van der Waals surface area contributed by atoms with E-state index >= 15 is 0 Å². The highest BCUT2D eigenvalue weighted by Crippen LogP contribution is 2.39. The van der Waals surface area contributed by atoms with Gasteiger partial charge in [0.05, 0.1) is 11.1 Å². The van der Waals surface area contributed by atoms with E-state index in [2.05, 4.69) is 21.5 Å². The molecule has 1 aliphatic carbocycles. The fourth-order valence-corrected chi connectivity index (χ4v) is 2.58. The summed E-state index contributed by atoms with van der Waals surface area (Å²) < 4.78 is 10.1. The molecule has 1 saturated carbocycles. The molecule has 1 fully saturated rings. The maximum Gasteiger partial charge on any atom is 0.418 e. The first-order chi connectivity index (χ1) is 11.5. The van der Waals surface area contributed by atoms with Gasteiger partial charge in [-0.05, 0) is 37.8 Å². The summed E-state index contributed by atoms with van der Waals surface area (Å²) in [6.45, 7) is 1.40. The molecule has 0 aliphatic heterocycles. The Bertz CT molecular complexity index is 797. The van der Waals surface area contributed by atoms with Gasteiger partial charge in [0.15, 0.2) is 6.61 Å². The van der Waals surface area contributed by atoms with Crippen molar-refractivity contribution in [1.82, 2.24) is 15.5 Å². The molecule has 24 heavy (non-hydrogen) atoms.